The number of unbranched alkanes of at least 4 members (excludes halogenated alkanes) is 10. The quantitative estimate of drug-likeness (QED) is 0.0105. The van der Waals surface area contributed by atoms with Crippen LogP contribution in [0.2, 0.25) is 0 Å². The molecule has 19 nitrogen and oxygen atoms in total. The van der Waals surface area contributed by atoms with Crippen LogP contribution >= 0.6 is 15.6 Å². The molecule has 1 saturated heterocycles. The number of ether oxygens (including phenoxy) is 3. The van der Waals surface area contributed by atoms with Crippen LogP contribution in [0.5, 0.6) is 0 Å². The Kier molecular flexibility index (Phi) is 30.0. The lowest BCUT2D eigenvalue weighted by Gasteiger charge is -2.21. The van der Waals surface area contributed by atoms with Crippen molar-refractivity contribution < 1.29 is 71.1 Å². The third kappa shape index (κ3) is 27.8. The Balaban J connectivity index is 1.86. The van der Waals surface area contributed by atoms with Gasteiger partial charge in [-0.15, -0.1) is 0 Å². The van der Waals surface area contributed by atoms with Gasteiger partial charge in [-0.25, -0.2) is 13.9 Å². The monoisotopic (exact) mass is 987 g/mol. The van der Waals surface area contributed by atoms with Gasteiger partial charge < -0.3 is 39.9 Å². The average molecular weight is 988 g/mol. The van der Waals surface area contributed by atoms with Gasteiger partial charge in [0.05, 0.1) is 13.2 Å². The van der Waals surface area contributed by atoms with Crippen LogP contribution in [0.3, 0.4) is 0 Å². The topological polar surface area (TPSA) is 283 Å². The molecule has 21 heteroatoms. The molecule has 2 rings (SSSR count). The number of aliphatic hydroxyl groups excluding tert-OH is 2. The lowest BCUT2D eigenvalue weighted by molar-refractivity contribution is -0.161. The van der Waals surface area contributed by atoms with Crippen LogP contribution < -0.4 is 11.4 Å². The maximum atomic E-state index is 12.8. The first-order valence-corrected chi connectivity index (χ1v) is 26.5. The van der Waals surface area contributed by atoms with Crippen molar-refractivity contribution in [1.82, 2.24) is 9.55 Å². The molecule has 1 aromatic heterocycles. The Bertz CT molecular complexity index is 1890. The Morgan fingerprint density at radius 2 is 1.43 bits per heavy atom. The number of carbonyl (C=O) groups excluding carboxylic acids is 3. The third-order valence-corrected chi connectivity index (χ3v) is 12.9. The minimum absolute atomic E-state index is 0.0527. The van der Waals surface area contributed by atoms with E-state index in [1.165, 1.54) is 31.7 Å². The van der Waals surface area contributed by atoms with Gasteiger partial charge in [-0.1, -0.05) is 128 Å². The van der Waals surface area contributed by atoms with Crippen LogP contribution in [-0.4, -0.2) is 91.5 Å². The molecule has 0 aromatic carbocycles. The van der Waals surface area contributed by atoms with Gasteiger partial charge in [0, 0.05) is 25.5 Å². The molecule has 1 aliphatic heterocycles. The van der Waals surface area contributed by atoms with Gasteiger partial charge in [0.15, 0.2) is 18.1 Å². The minimum Gasteiger partial charge on any atom is -0.462 e. The summed E-state index contributed by atoms with van der Waals surface area (Å²) >= 11 is 0. The second kappa shape index (κ2) is 33.8. The zero-order chi connectivity index (χ0) is 49.5. The number of nitrogens with zero attached hydrogens (tertiary/aromatic N) is 2. The van der Waals surface area contributed by atoms with Crippen LogP contribution in [-0.2, 0) is 51.1 Å². The molecule has 1 aliphatic rings. The van der Waals surface area contributed by atoms with Crippen LogP contribution in [0.1, 0.15) is 149 Å². The summed E-state index contributed by atoms with van der Waals surface area (Å²) < 4.78 is 56.5. The fraction of sp³-hybridized carbons (Fsp3) is 0.674. The first kappa shape index (κ1) is 59.5. The second-order valence-corrected chi connectivity index (χ2v) is 19.8. The number of phosphoric ester groups is 2. The maximum Gasteiger partial charge on any atom is 0.481 e. The number of phosphoric acid groups is 2. The van der Waals surface area contributed by atoms with E-state index in [1.54, 1.807) is 12.2 Å². The van der Waals surface area contributed by atoms with E-state index >= 15 is 0 Å². The van der Waals surface area contributed by atoms with E-state index in [4.69, 9.17) is 29.0 Å². The largest absolute Gasteiger partial charge is 0.481 e. The summed E-state index contributed by atoms with van der Waals surface area (Å²) in [5.74, 6) is -0.572. The second-order valence-electron chi connectivity index (χ2n) is 16.8. The normalized spacial score (nSPS) is 20.0. The molecule has 2 unspecified atom stereocenters. The Hall–Kier alpha value is -3.61. The Labute approximate surface area is 395 Å². The van der Waals surface area contributed by atoms with Gasteiger partial charge in [0.2, 0.25) is 0 Å². The van der Waals surface area contributed by atoms with Crippen LogP contribution in [0.4, 0.5) is 5.82 Å². The van der Waals surface area contributed by atoms with E-state index < -0.39 is 83.7 Å². The van der Waals surface area contributed by atoms with Gasteiger partial charge in [0.1, 0.15) is 30.7 Å². The molecular weight excluding hydrogens is 912 g/mol. The average Bonchev–Trinajstić information content (AvgIpc) is 3.54. The van der Waals surface area contributed by atoms with E-state index in [2.05, 4.69) is 30.1 Å². The minimum atomic E-state index is -5.44. The summed E-state index contributed by atoms with van der Waals surface area (Å²) in [6, 6.07) is 1.24. The smallest absolute Gasteiger partial charge is 0.462 e. The molecule has 1 fully saturated rings. The summed E-state index contributed by atoms with van der Waals surface area (Å²) in [5, 5.41) is 20.9. The maximum absolute atomic E-state index is 12.8. The first-order chi connectivity index (χ1) is 31.9. The molecule has 2 heterocycles. The standard InChI is InChI=1S/C46H75N3O16P2/c1-4-5-21-27-37(50)28-23-18-14-9-7-6-8-10-16-20-25-30-42(52)63-38(33-60-41(51)29-24-19-15-12-11-13-17-22-26-36(2)3)34-61-66(56,57)65-67(58,59)62-35-39-43(53)44(54)45(64-39)49-32-31-40(47)48-46(49)55/h6-7,10,14,16,18,23,28,31-32,36,38-39,43-45,53-54H,4-5,8-9,11-13,15,17,19-22,24-27,29-30,33-35H2,1-3H3,(H,56,57)(H,58,59)(H2,47,48,55)/b7-6-,16-10-,18-14-,28-23+/t38-,39-,43-,44-,45-/m1/s1. The summed E-state index contributed by atoms with van der Waals surface area (Å²) in [4.78, 5) is 73.4. The predicted octanol–water partition coefficient (Wildman–Crippen LogP) is 8.03. The van der Waals surface area contributed by atoms with Gasteiger partial charge in [-0.3, -0.25) is 28.0 Å². The zero-order valence-electron chi connectivity index (χ0n) is 39.3. The molecule has 0 aliphatic carbocycles. The number of aromatic nitrogens is 2. The van der Waals surface area contributed by atoms with E-state index in [0.29, 0.717) is 44.4 Å². The van der Waals surface area contributed by atoms with Gasteiger partial charge >= 0.3 is 33.3 Å². The van der Waals surface area contributed by atoms with Crippen molar-refractivity contribution in [2.24, 2.45) is 5.92 Å². The van der Waals surface area contributed by atoms with Crippen molar-refractivity contribution in [3.63, 3.8) is 0 Å². The molecule has 0 amide bonds. The molecule has 0 bridgehead atoms. The molecule has 0 spiro atoms. The number of hydrogen-bond acceptors (Lipinski definition) is 16. The number of esters is 2. The molecule has 6 N–H and O–H groups in total. The number of ketones is 1. The fourth-order valence-corrected chi connectivity index (χ4v) is 8.73. The van der Waals surface area contributed by atoms with Crippen LogP contribution in [0.15, 0.2) is 65.7 Å². The van der Waals surface area contributed by atoms with Crippen molar-refractivity contribution in [2.75, 3.05) is 25.6 Å². The Morgan fingerprint density at radius 1 is 0.806 bits per heavy atom. The van der Waals surface area contributed by atoms with Crippen molar-refractivity contribution in [3.8, 4) is 0 Å². The number of nitrogen functional groups attached to an aromatic ring is 1. The van der Waals surface area contributed by atoms with Crippen molar-refractivity contribution >= 4 is 39.2 Å². The summed E-state index contributed by atoms with van der Waals surface area (Å²) in [6.07, 6.45) is 23.7. The van der Waals surface area contributed by atoms with E-state index in [0.717, 1.165) is 55.7 Å². The summed E-state index contributed by atoms with van der Waals surface area (Å²) in [7, 11) is -10.9. The van der Waals surface area contributed by atoms with Crippen molar-refractivity contribution in [2.45, 2.75) is 173 Å². The van der Waals surface area contributed by atoms with Gasteiger partial charge in [-0.05, 0) is 56.6 Å². The Morgan fingerprint density at radius 3 is 2.12 bits per heavy atom. The number of allylic oxidation sites excluding steroid dienone is 8. The van der Waals surface area contributed by atoms with Gasteiger partial charge in [0.25, 0.3) is 0 Å². The summed E-state index contributed by atoms with van der Waals surface area (Å²) in [6.45, 7) is 4.15. The highest BCUT2D eigenvalue weighted by Gasteiger charge is 2.46. The number of carbonyl (C=O) groups is 3. The number of aliphatic hydroxyl groups is 2. The lowest BCUT2D eigenvalue weighted by Crippen LogP contribution is -2.36. The molecule has 7 atom stereocenters. The highest BCUT2D eigenvalue weighted by atomic mass is 31.3. The lowest BCUT2D eigenvalue weighted by atomic mass is 10.0. The number of hydrogen-bond donors (Lipinski definition) is 5. The molecule has 380 valence electrons. The zero-order valence-corrected chi connectivity index (χ0v) is 41.1. The highest BCUT2D eigenvalue weighted by Crippen LogP contribution is 2.60. The number of nitrogens with two attached hydrogens (primary N) is 1. The molecular formula is C46H75N3O16P2. The molecule has 0 saturated carbocycles. The van der Waals surface area contributed by atoms with Crippen molar-refractivity contribution in [1.29, 1.82) is 0 Å². The van der Waals surface area contributed by atoms with E-state index in [1.807, 2.05) is 36.5 Å². The summed E-state index contributed by atoms with van der Waals surface area (Å²) in [5.41, 5.74) is 4.57. The highest BCUT2D eigenvalue weighted by molar-refractivity contribution is 7.61. The van der Waals surface area contributed by atoms with Crippen molar-refractivity contribution in [3.05, 3.63) is 71.4 Å². The number of rotatable bonds is 37. The van der Waals surface area contributed by atoms with E-state index in [9.17, 15) is 48.3 Å². The van der Waals surface area contributed by atoms with Crippen LogP contribution in [0.25, 0.3) is 0 Å². The third-order valence-electron chi connectivity index (χ3n) is 10.3. The number of anilines is 1. The molecule has 67 heavy (non-hydrogen) atoms. The van der Waals surface area contributed by atoms with E-state index in [-0.39, 0.29) is 24.4 Å². The van der Waals surface area contributed by atoms with Crippen LogP contribution in [0, 0.1) is 5.92 Å². The molecule has 1 aromatic rings. The predicted molar refractivity (Wildman–Crippen MR) is 252 cm³/mol. The van der Waals surface area contributed by atoms with Gasteiger partial charge in [-0.2, -0.15) is 9.29 Å². The molecule has 0 radical (unpaired) electrons. The first-order valence-electron chi connectivity index (χ1n) is 23.5. The fourth-order valence-electron chi connectivity index (χ4n) is 6.62. The SMILES string of the molecule is CCCCCC(=O)/C=C/C=C\C/C=C\C/C=C\CCCC(=O)O[C@H](COC(=O)CCCCCCCCCCC(C)C)COP(=O)(O)OP(=O)(O)OC[C@H]1O[C@@H](n2ccc(N)nc2=O)[C@H](O)[C@@H]1O.